The lowest BCUT2D eigenvalue weighted by atomic mass is 10.7. The Labute approximate surface area is 42.4 Å². The van der Waals surface area contributed by atoms with Gasteiger partial charge < -0.3 is 9.84 Å². The zero-order valence-electron chi connectivity index (χ0n) is 4.22. The lowest BCUT2D eigenvalue weighted by Gasteiger charge is -1.83. The van der Waals surface area contributed by atoms with Gasteiger partial charge in [0.15, 0.2) is 0 Å². The van der Waals surface area contributed by atoms with Gasteiger partial charge in [-0.25, -0.2) is 0 Å². The van der Waals surface area contributed by atoms with Crippen molar-refractivity contribution >= 4 is 0 Å². The molecule has 2 nitrogen and oxygen atoms in total. The number of rotatable bonds is 1. The van der Waals surface area contributed by atoms with Crippen LogP contribution in [-0.4, -0.2) is 24.4 Å². The Morgan fingerprint density at radius 1 is 1.86 bits per heavy atom. The van der Waals surface area contributed by atoms with Gasteiger partial charge in [0.2, 0.25) is 0 Å². The molecule has 0 spiro atoms. The maximum Gasteiger partial charge on any atom is 0.110 e. The van der Waals surface area contributed by atoms with Crippen LogP contribution >= 0.6 is 0 Å². The Balaban J connectivity index is 2.38. The Kier molecular flexibility index (Phi) is 0.905. The maximum atomic E-state index is 8.67. The molecule has 0 radical (unpaired) electrons. The van der Waals surface area contributed by atoms with E-state index in [0.717, 1.165) is 5.57 Å². The van der Waals surface area contributed by atoms with Crippen LogP contribution < -0.4 is 0 Å². The first kappa shape index (κ1) is 4.81. The van der Waals surface area contributed by atoms with Gasteiger partial charge in [-0.05, 0) is 5.57 Å². The molecule has 0 heterocycles. The molecular weight excluding hydrogens is 92.1 g/mol. The second-order valence-electron chi connectivity index (χ2n) is 1.68. The van der Waals surface area contributed by atoms with Crippen LogP contribution in [0.25, 0.3) is 0 Å². The van der Waals surface area contributed by atoms with Crippen LogP contribution in [0.4, 0.5) is 0 Å². The molecule has 40 valence electrons. The topological polar surface area (TPSA) is 29.5 Å². The van der Waals surface area contributed by atoms with Gasteiger partial charge in [-0.2, -0.15) is 0 Å². The highest BCUT2D eigenvalue weighted by molar-refractivity contribution is 5.30. The molecule has 0 bridgehead atoms. The molecule has 1 rings (SSSR count). The molecule has 0 aromatic rings. The molecule has 1 fully saturated rings. The van der Waals surface area contributed by atoms with E-state index in [2.05, 4.69) is 6.58 Å². The number of aliphatic hydroxyl groups is 1. The lowest BCUT2D eigenvalue weighted by molar-refractivity contribution is 0.129. The molecule has 0 amide bonds. The van der Waals surface area contributed by atoms with E-state index in [1.54, 1.807) is 7.11 Å². The second-order valence-corrected chi connectivity index (χ2v) is 1.68. The summed E-state index contributed by atoms with van der Waals surface area (Å²) < 4.78 is 4.74. The number of ether oxygens (including phenoxy) is 1. The largest absolute Gasteiger partial charge is 0.386 e. The number of aliphatic hydroxyl groups excluding tert-OH is 1. The third kappa shape index (κ3) is 0.558. The Morgan fingerprint density at radius 3 is 2.29 bits per heavy atom. The van der Waals surface area contributed by atoms with Crippen molar-refractivity contribution in [3.63, 3.8) is 0 Å². The van der Waals surface area contributed by atoms with Gasteiger partial charge in [-0.15, -0.1) is 0 Å². The Morgan fingerprint density at radius 2 is 2.29 bits per heavy atom. The van der Waals surface area contributed by atoms with E-state index in [-0.39, 0.29) is 12.2 Å². The van der Waals surface area contributed by atoms with E-state index >= 15 is 0 Å². The van der Waals surface area contributed by atoms with Gasteiger partial charge in [0.05, 0.1) is 0 Å². The fourth-order valence-electron chi connectivity index (χ4n) is 0.553. The van der Waals surface area contributed by atoms with Crippen molar-refractivity contribution in [1.82, 2.24) is 0 Å². The fourth-order valence-corrected chi connectivity index (χ4v) is 0.553. The van der Waals surface area contributed by atoms with E-state index in [1.165, 1.54) is 0 Å². The van der Waals surface area contributed by atoms with Crippen molar-refractivity contribution in [2.75, 3.05) is 7.11 Å². The summed E-state index contributed by atoms with van der Waals surface area (Å²) in [6.45, 7) is 3.52. The predicted molar refractivity (Wildman–Crippen MR) is 25.9 cm³/mol. The van der Waals surface area contributed by atoms with Gasteiger partial charge >= 0.3 is 0 Å². The predicted octanol–water partition coefficient (Wildman–Crippen LogP) is -0.0679. The molecule has 0 aromatic carbocycles. The highest BCUT2D eigenvalue weighted by Gasteiger charge is 2.40. The van der Waals surface area contributed by atoms with Gasteiger partial charge in [0, 0.05) is 7.11 Å². The van der Waals surface area contributed by atoms with E-state index in [1.807, 2.05) is 0 Å². The van der Waals surface area contributed by atoms with Crippen LogP contribution in [0, 0.1) is 0 Å². The third-order valence-electron chi connectivity index (χ3n) is 1.18. The summed E-state index contributed by atoms with van der Waals surface area (Å²) in [5, 5.41) is 8.67. The minimum absolute atomic E-state index is 0.0694. The highest BCUT2D eigenvalue weighted by Crippen LogP contribution is 2.30. The standard InChI is InChI=1S/C5H8O2/c1-3-4(6)5(3)7-2/h4-6H,1H2,2H3/t4?,5-/m0/s1. The van der Waals surface area contributed by atoms with Crippen molar-refractivity contribution in [1.29, 1.82) is 0 Å². The summed E-state index contributed by atoms with van der Waals surface area (Å²) in [4.78, 5) is 0. The van der Waals surface area contributed by atoms with Gasteiger partial charge in [0.25, 0.3) is 0 Å². The van der Waals surface area contributed by atoms with Gasteiger partial charge in [-0.3, -0.25) is 0 Å². The van der Waals surface area contributed by atoms with Crippen LogP contribution in [0.1, 0.15) is 0 Å². The van der Waals surface area contributed by atoms with Crippen molar-refractivity contribution in [3.05, 3.63) is 12.2 Å². The molecule has 0 saturated heterocycles. The summed E-state index contributed by atoms with van der Waals surface area (Å²) in [6.07, 6.45) is -0.454. The molecule has 2 heteroatoms. The zero-order valence-corrected chi connectivity index (χ0v) is 4.22. The van der Waals surface area contributed by atoms with Crippen molar-refractivity contribution in [2.24, 2.45) is 0 Å². The third-order valence-corrected chi connectivity index (χ3v) is 1.18. The molecule has 1 saturated carbocycles. The van der Waals surface area contributed by atoms with E-state index in [4.69, 9.17) is 9.84 Å². The first-order valence-corrected chi connectivity index (χ1v) is 2.17. The quantitative estimate of drug-likeness (QED) is 0.467. The summed E-state index contributed by atoms with van der Waals surface area (Å²) in [5.41, 5.74) is 0.794. The van der Waals surface area contributed by atoms with Gasteiger partial charge in [0.1, 0.15) is 12.2 Å². The SMILES string of the molecule is C=C1C(O)[C@H]1OC. The van der Waals surface area contributed by atoms with Crippen LogP contribution in [-0.2, 0) is 4.74 Å². The van der Waals surface area contributed by atoms with Crippen LogP contribution in [0.5, 0.6) is 0 Å². The number of methoxy groups -OCH3 is 1. The van der Waals surface area contributed by atoms with Crippen LogP contribution in [0.15, 0.2) is 12.2 Å². The van der Waals surface area contributed by atoms with Crippen molar-refractivity contribution in [3.8, 4) is 0 Å². The number of hydrogen-bond acceptors (Lipinski definition) is 2. The molecule has 0 aliphatic heterocycles. The second kappa shape index (κ2) is 1.32. The average Bonchev–Trinajstić information content (AvgIpc) is 2.17. The summed E-state index contributed by atoms with van der Waals surface area (Å²) >= 11 is 0. The molecule has 1 unspecified atom stereocenters. The smallest absolute Gasteiger partial charge is 0.110 e. The van der Waals surface area contributed by atoms with Crippen molar-refractivity contribution < 1.29 is 9.84 Å². The summed E-state index contributed by atoms with van der Waals surface area (Å²) in [7, 11) is 1.56. The first-order chi connectivity index (χ1) is 3.27. The zero-order chi connectivity index (χ0) is 5.44. The Bertz CT molecular complexity index is 98.3. The van der Waals surface area contributed by atoms with Crippen molar-refractivity contribution in [2.45, 2.75) is 12.2 Å². The average molecular weight is 100 g/mol. The first-order valence-electron chi connectivity index (χ1n) is 2.17. The maximum absolute atomic E-state index is 8.67. The lowest BCUT2D eigenvalue weighted by Crippen LogP contribution is -1.92. The Hall–Kier alpha value is -0.340. The normalized spacial score (nSPS) is 38.9. The number of hydrogen-bond donors (Lipinski definition) is 1. The highest BCUT2D eigenvalue weighted by atomic mass is 16.5. The minimum Gasteiger partial charge on any atom is -0.386 e. The molecule has 1 aliphatic carbocycles. The minimum atomic E-state index is -0.384. The molecule has 1 N–H and O–H groups in total. The monoisotopic (exact) mass is 100 g/mol. The molecule has 2 atom stereocenters. The van der Waals surface area contributed by atoms with E-state index in [0.29, 0.717) is 0 Å². The molecular formula is C5H8O2. The molecule has 1 aliphatic rings. The van der Waals surface area contributed by atoms with E-state index < -0.39 is 0 Å². The van der Waals surface area contributed by atoms with Crippen LogP contribution in [0.3, 0.4) is 0 Å². The summed E-state index contributed by atoms with van der Waals surface area (Å²) in [6, 6.07) is 0. The molecule has 7 heavy (non-hydrogen) atoms. The fraction of sp³-hybridized carbons (Fsp3) is 0.600. The molecule has 0 aromatic heterocycles. The van der Waals surface area contributed by atoms with Gasteiger partial charge in [-0.1, -0.05) is 6.58 Å². The summed E-state index contributed by atoms with van der Waals surface area (Å²) in [5.74, 6) is 0. The van der Waals surface area contributed by atoms with E-state index in [9.17, 15) is 0 Å². The van der Waals surface area contributed by atoms with Crippen LogP contribution in [0.2, 0.25) is 0 Å².